The Bertz CT molecular complexity index is 566. The summed E-state index contributed by atoms with van der Waals surface area (Å²) >= 11 is 0. The lowest BCUT2D eigenvalue weighted by atomic mass is 9.86. The zero-order valence-corrected chi connectivity index (χ0v) is 12.4. The van der Waals surface area contributed by atoms with Gasteiger partial charge < -0.3 is 10.0 Å². The molecular weight excluding hydrogens is 262 g/mol. The topological polar surface area (TPSA) is 40.5 Å². The van der Waals surface area contributed by atoms with Crippen molar-refractivity contribution < 1.29 is 9.90 Å². The molecular formula is C18H21NO2. The minimum atomic E-state index is 0.140. The van der Waals surface area contributed by atoms with Crippen LogP contribution in [-0.2, 0) is 4.79 Å². The highest BCUT2D eigenvalue weighted by Gasteiger charge is 2.19. The highest BCUT2D eigenvalue weighted by molar-refractivity contribution is 5.47. The molecule has 1 N–H and O–H groups in total. The van der Waals surface area contributed by atoms with E-state index >= 15 is 0 Å². The van der Waals surface area contributed by atoms with Gasteiger partial charge in [0.25, 0.3) is 0 Å². The molecule has 0 saturated heterocycles. The molecule has 1 amide bonds. The fourth-order valence-electron chi connectivity index (χ4n) is 2.47. The molecule has 110 valence electrons. The van der Waals surface area contributed by atoms with Gasteiger partial charge in [0.15, 0.2) is 0 Å². The summed E-state index contributed by atoms with van der Waals surface area (Å²) < 4.78 is 0. The molecule has 21 heavy (non-hydrogen) atoms. The average Bonchev–Trinajstić information content (AvgIpc) is 2.53. The van der Waals surface area contributed by atoms with Crippen LogP contribution in [0, 0.1) is 0 Å². The predicted molar refractivity (Wildman–Crippen MR) is 84.3 cm³/mol. The molecule has 3 nitrogen and oxygen atoms in total. The van der Waals surface area contributed by atoms with Crippen molar-refractivity contribution in [3.05, 3.63) is 65.7 Å². The molecule has 0 aliphatic carbocycles. The molecule has 0 aromatic heterocycles. The number of nitrogens with zero attached hydrogens (tertiary/aromatic N) is 1. The van der Waals surface area contributed by atoms with E-state index in [0.29, 0.717) is 0 Å². The minimum Gasteiger partial charge on any atom is -0.508 e. The number of hydrogen-bond acceptors (Lipinski definition) is 2. The van der Waals surface area contributed by atoms with Crippen LogP contribution in [0.2, 0.25) is 0 Å². The number of hydrogen-bond donors (Lipinski definition) is 1. The first-order chi connectivity index (χ1) is 10.1. The summed E-state index contributed by atoms with van der Waals surface area (Å²) in [6.07, 6.45) is 1.70. The van der Waals surface area contributed by atoms with Gasteiger partial charge in [0.2, 0.25) is 6.41 Å². The summed E-state index contributed by atoms with van der Waals surface area (Å²) in [7, 11) is 1.80. The van der Waals surface area contributed by atoms with Crippen LogP contribution < -0.4 is 0 Å². The van der Waals surface area contributed by atoms with Gasteiger partial charge in [-0.2, -0.15) is 0 Å². The Labute approximate surface area is 125 Å². The van der Waals surface area contributed by atoms with Crippen LogP contribution in [-0.4, -0.2) is 29.5 Å². The van der Waals surface area contributed by atoms with Gasteiger partial charge in [-0.3, -0.25) is 4.79 Å². The highest BCUT2D eigenvalue weighted by Crippen LogP contribution is 2.31. The first kappa shape index (κ1) is 15.1. The van der Waals surface area contributed by atoms with Crippen LogP contribution in [0.3, 0.4) is 0 Å². The molecule has 0 heterocycles. The second kappa shape index (κ2) is 6.93. The number of phenolic OH excluding ortho intramolecular Hbond substituents is 1. The first-order valence-electron chi connectivity index (χ1n) is 7.13. The maximum absolute atomic E-state index is 10.9. The second-order valence-electron chi connectivity index (χ2n) is 5.41. The number of aromatic hydroxyl groups is 1. The number of benzene rings is 2. The van der Waals surface area contributed by atoms with Crippen molar-refractivity contribution in [3.8, 4) is 5.75 Å². The molecule has 0 unspecified atom stereocenters. The molecule has 0 radical (unpaired) electrons. The lowest BCUT2D eigenvalue weighted by Gasteiger charge is -2.26. The van der Waals surface area contributed by atoms with E-state index in [1.165, 1.54) is 5.56 Å². The van der Waals surface area contributed by atoms with Crippen LogP contribution in [0.4, 0.5) is 0 Å². The van der Waals surface area contributed by atoms with Crippen LogP contribution in [0.1, 0.15) is 30.4 Å². The van der Waals surface area contributed by atoms with Crippen molar-refractivity contribution in [3.63, 3.8) is 0 Å². The van der Waals surface area contributed by atoms with E-state index in [-0.39, 0.29) is 17.7 Å². The molecule has 0 aliphatic heterocycles. The minimum absolute atomic E-state index is 0.140. The van der Waals surface area contributed by atoms with Gasteiger partial charge in [-0.05, 0) is 36.6 Å². The van der Waals surface area contributed by atoms with Crippen LogP contribution >= 0.6 is 0 Å². The number of carbonyl (C=O) groups is 1. The first-order valence-corrected chi connectivity index (χ1v) is 7.13. The molecule has 0 aliphatic rings. The average molecular weight is 283 g/mol. The van der Waals surface area contributed by atoms with Crippen molar-refractivity contribution in [2.24, 2.45) is 0 Å². The largest absolute Gasteiger partial charge is 0.508 e. The summed E-state index contributed by atoms with van der Waals surface area (Å²) in [4.78, 5) is 12.6. The van der Waals surface area contributed by atoms with Crippen molar-refractivity contribution in [1.82, 2.24) is 4.90 Å². The van der Waals surface area contributed by atoms with Gasteiger partial charge >= 0.3 is 0 Å². The third-order valence-corrected chi connectivity index (χ3v) is 3.94. The third-order valence-electron chi connectivity index (χ3n) is 3.94. The Morgan fingerprint density at radius 1 is 1.05 bits per heavy atom. The summed E-state index contributed by atoms with van der Waals surface area (Å²) in [6, 6.07) is 17.7. The zero-order chi connectivity index (χ0) is 15.2. The van der Waals surface area contributed by atoms with Crippen molar-refractivity contribution in [2.75, 3.05) is 7.05 Å². The van der Waals surface area contributed by atoms with Crippen molar-refractivity contribution in [2.45, 2.75) is 25.3 Å². The fourth-order valence-corrected chi connectivity index (χ4v) is 2.47. The van der Waals surface area contributed by atoms with Crippen LogP contribution in [0.25, 0.3) is 0 Å². The molecule has 2 rings (SSSR count). The quantitative estimate of drug-likeness (QED) is 0.826. The Morgan fingerprint density at radius 3 is 2.19 bits per heavy atom. The zero-order valence-electron chi connectivity index (χ0n) is 12.4. The monoisotopic (exact) mass is 283 g/mol. The molecule has 0 saturated carbocycles. The highest BCUT2D eigenvalue weighted by atomic mass is 16.3. The molecule has 2 atom stereocenters. The van der Waals surface area contributed by atoms with E-state index < -0.39 is 0 Å². The fraction of sp³-hybridized carbons (Fsp3) is 0.278. The summed E-state index contributed by atoms with van der Waals surface area (Å²) in [5.41, 5.74) is 2.36. The Hall–Kier alpha value is -2.29. The third kappa shape index (κ3) is 3.85. The summed E-state index contributed by atoms with van der Waals surface area (Å²) in [5.74, 6) is 0.466. The number of carbonyl (C=O) groups excluding carboxylic acids is 1. The van der Waals surface area contributed by atoms with Crippen molar-refractivity contribution >= 4 is 6.41 Å². The summed E-state index contributed by atoms with van der Waals surface area (Å²) in [6.45, 7) is 2.05. The molecule has 0 fully saturated rings. The summed E-state index contributed by atoms with van der Waals surface area (Å²) in [5, 5.41) is 9.46. The number of amides is 1. The number of rotatable bonds is 6. The Morgan fingerprint density at radius 2 is 1.62 bits per heavy atom. The van der Waals surface area contributed by atoms with E-state index in [2.05, 4.69) is 12.1 Å². The molecule has 0 spiro atoms. The predicted octanol–water partition coefficient (Wildman–Crippen LogP) is 3.39. The molecule has 3 heteroatoms. The van der Waals surface area contributed by atoms with Gasteiger partial charge in [-0.15, -0.1) is 0 Å². The van der Waals surface area contributed by atoms with E-state index in [0.717, 1.165) is 18.4 Å². The smallest absolute Gasteiger partial charge is 0.209 e. The molecule has 2 aromatic rings. The Balaban J connectivity index is 2.31. The van der Waals surface area contributed by atoms with Gasteiger partial charge in [-0.1, -0.05) is 42.5 Å². The lowest BCUT2D eigenvalue weighted by molar-refractivity contribution is -0.118. The van der Waals surface area contributed by atoms with Gasteiger partial charge in [0, 0.05) is 19.0 Å². The maximum atomic E-state index is 10.9. The maximum Gasteiger partial charge on any atom is 0.209 e. The van der Waals surface area contributed by atoms with Gasteiger partial charge in [0.1, 0.15) is 5.75 Å². The van der Waals surface area contributed by atoms with E-state index in [9.17, 15) is 9.90 Å². The van der Waals surface area contributed by atoms with E-state index in [1.54, 1.807) is 24.1 Å². The molecule has 2 aromatic carbocycles. The van der Waals surface area contributed by atoms with E-state index in [4.69, 9.17) is 0 Å². The lowest BCUT2D eigenvalue weighted by Crippen LogP contribution is -2.29. The number of phenols is 1. The van der Waals surface area contributed by atoms with Crippen LogP contribution in [0.15, 0.2) is 54.6 Å². The second-order valence-corrected chi connectivity index (χ2v) is 5.41. The normalized spacial score (nSPS) is 13.4. The molecule has 0 bridgehead atoms. The Kier molecular flexibility index (Phi) is 4.99. The van der Waals surface area contributed by atoms with Crippen LogP contribution in [0.5, 0.6) is 5.75 Å². The SMILES string of the molecule is C[C@H](C[C@H](c1ccccc1)c1ccc(O)cc1)N(C)C=O. The van der Waals surface area contributed by atoms with Crippen molar-refractivity contribution in [1.29, 1.82) is 0 Å². The van der Waals surface area contributed by atoms with Gasteiger partial charge in [-0.25, -0.2) is 0 Å². The van der Waals surface area contributed by atoms with Gasteiger partial charge in [0.05, 0.1) is 0 Å². The van der Waals surface area contributed by atoms with E-state index in [1.807, 2.05) is 37.3 Å². The standard InChI is InChI=1S/C18H21NO2/c1-14(19(2)13-20)12-18(15-6-4-3-5-7-15)16-8-10-17(21)11-9-16/h3-11,13-14,18,21H,12H2,1-2H3/t14-,18-/m1/s1.